The van der Waals surface area contributed by atoms with E-state index in [2.05, 4.69) is 19.0 Å². The molecular formula is C24H39N3O5S. The summed E-state index contributed by atoms with van der Waals surface area (Å²) in [6.45, 7) is 5.78. The van der Waals surface area contributed by atoms with Gasteiger partial charge in [0.2, 0.25) is 15.9 Å². The van der Waals surface area contributed by atoms with Gasteiger partial charge < -0.3 is 19.3 Å². The second-order valence-corrected chi connectivity index (χ2v) is 11.3. The van der Waals surface area contributed by atoms with Crippen LogP contribution >= 0.6 is 0 Å². The maximum Gasteiger partial charge on any atom is 0.248 e. The summed E-state index contributed by atoms with van der Waals surface area (Å²) in [5.74, 6) is 0.634. The van der Waals surface area contributed by atoms with Gasteiger partial charge in [-0.05, 0) is 76.9 Å². The fourth-order valence-corrected chi connectivity index (χ4v) is 7.11. The molecule has 1 amide bonds. The molecule has 9 heteroatoms. The van der Waals surface area contributed by atoms with Crippen molar-refractivity contribution in [3.63, 3.8) is 0 Å². The van der Waals surface area contributed by atoms with Crippen LogP contribution in [-0.4, -0.2) is 94.6 Å². The summed E-state index contributed by atoms with van der Waals surface area (Å²) in [5.41, 5.74) is 1.35. The van der Waals surface area contributed by atoms with Gasteiger partial charge in [0.05, 0.1) is 18.6 Å². The van der Waals surface area contributed by atoms with Crippen LogP contribution in [0.2, 0.25) is 0 Å². The van der Waals surface area contributed by atoms with Gasteiger partial charge in [0.1, 0.15) is 12.4 Å². The SMILES string of the molecule is COc1cc(C)c(S(=O)(=O)N2CCCCC2COCC(=O)N2CCC(N(C)C)CC2)c(C)c1. The molecule has 33 heavy (non-hydrogen) atoms. The van der Waals surface area contributed by atoms with Crippen LogP contribution in [0.25, 0.3) is 0 Å². The first-order valence-electron chi connectivity index (χ1n) is 11.8. The van der Waals surface area contributed by atoms with E-state index in [0.29, 0.717) is 34.4 Å². The van der Waals surface area contributed by atoms with Crippen molar-refractivity contribution in [3.8, 4) is 5.75 Å². The summed E-state index contributed by atoms with van der Waals surface area (Å²) in [5, 5.41) is 0. The van der Waals surface area contributed by atoms with Gasteiger partial charge in [-0.25, -0.2) is 8.42 Å². The second kappa shape index (κ2) is 11.2. The standard InChI is InChI=1S/C24H39N3O5S/c1-18-14-22(31-5)15-19(2)24(18)33(29,30)27-11-7-6-8-21(27)16-32-17-23(28)26-12-9-20(10-13-26)25(3)4/h14-15,20-21H,6-13,16-17H2,1-5H3. The Balaban J connectivity index is 1.62. The number of benzene rings is 1. The molecule has 0 aromatic heterocycles. The number of nitrogens with zero attached hydrogens (tertiary/aromatic N) is 3. The van der Waals surface area contributed by atoms with Crippen molar-refractivity contribution in [2.75, 3.05) is 54.1 Å². The molecule has 186 valence electrons. The van der Waals surface area contributed by atoms with Crippen molar-refractivity contribution in [1.82, 2.24) is 14.1 Å². The van der Waals surface area contributed by atoms with E-state index >= 15 is 0 Å². The molecule has 2 saturated heterocycles. The summed E-state index contributed by atoms with van der Waals surface area (Å²) < 4.78 is 39.9. The van der Waals surface area contributed by atoms with E-state index in [1.807, 2.05) is 4.90 Å². The maximum absolute atomic E-state index is 13.6. The smallest absolute Gasteiger partial charge is 0.248 e. The Bertz CT molecular complexity index is 903. The minimum atomic E-state index is -3.69. The number of rotatable bonds is 8. The van der Waals surface area contributed by atoms with Crippen molar-refractivity contribution >= 4 is 15.9 Å². The average Bonchev–Trinajstić information content (AvgIpc) is 2.78. The quantitative estimate of drug-likeness (QED) is 0.567. The van der Waals surface area contributed by atoms with E-state index in [1.165, 1.54) is 0 Å². The van der Waals surface area contributed by atoms with Crippen molar-refractivity contribution in [2.45, 2.75) is 62.9 Å². The highest BCUT2D eigenvalue weighted by Gasteiger charge is 2.36. The van der Waals surface area contributed by atoms with Gasteiger partial charge in [0.25, 0.3) is 0 Å². The predicted molar refractivity (Wildman–Crippen MR) is 128 cm³/mol. The molecule has 8 nitrogen and oxygen atoms in total. The molecule has 0 aliphatic carbocycles. The van der Waals surface area contributed by atoms with E-state index in [9.17, 15) is 13.2 Å². The highest BCUT2D eigenvalue weighted by atomic mass is 32.2. The number of aryl methyl sites for hydroxylation is 2. The van der Waals surface area contributed by atoms with Gasteiger partial charge in [-0.3, -0.25) is 4.79 Å². The Morgan fingerprint density at radius 2 is 1.70 bits per heavy atom. The van der Waals surface area contributed by atoms with Crippen LogP contribution in [-0.2, 0) is 19.6 Å². The third-order valence-electron chi connectivity index (χ3n) is 6.89. The number of likely N-dealkylation sites (tertiary alicyclic amines) is 1. The number of hydrogen-bond donors (Lipinski definition) is 0. The number of hydrogen-bond acceptors (Lipinski definition) is 6. The lowest BCUT2D eigenvalue weighted by molar-refractivity contribution is -0.138. The zero-order valence-electron chi connectivity index (χ0n) is 20.7. The van der Waals surface area contributed by atoms with Crippen molar-refractivity contribution in [2.24, 2.45) is 0 Å². The monoisotopic (exact) mass is 481 g/mol. The van der Waals surface area contributed by atoms with Crippen molar-refractivity contribution in [1.29, 1.82) is 0 Å². The van der Waals surface area contributed by atoms with E-state index in [1.54, 1.807) is 37.4 Å². The molecule has 0 spiro atoms. The number of carbonyl (C=O) groups excluding carboxylic acids is 1. The first-order valence-corrected chi connectivity index (χ1v) is 13.3. The fraction of sp³-hybridized carbons (Fsp3) is 0.708. The minimum Gasteiger partial charge on any atom is -0.497 e. The summed E-state index contributed by atoms with van der Waals surface area (Å²) in [6.07, 6.45) is 4.44. The van der Waals surface area contributed by atoms with Gasteiger partial charge in [-0.15, -0.1) is 0 Å². The summed E-state index contributed by atoms with van der Waals surface area (Å²) >= 11 is 0. The lowest BCUT2D eigenvalue weighted by atomic mass is 10.0. The fourth-order valence-electron chi connectivity index (χ4n) is 5.01. The van der Waals surface area contributed by atoms with Gasteiger partial charge in [-0.1, -0.05) is 6.42 Å². The lowest BCUT2D eigenvalue weighted by Gasteiger charge is -2.36. The Morgan fingerprint density at radius 1 is 1.06 bits per heavy atom. The molecule has 1 aromatic rings. The Hall–Kier alpha value is -1.68. The number of ether oxygens (including phenoxy) is 2. The van der Waals surface area contributed by atoms with E-state index in [-0.39, 0.29) is 25.2 Å². The molecule has 0 saturated carbocycles. The van der Waals surface area contributed by atoms with Gasteiger partial charge in [0, 0.05) is 31.7 Å². The topological polar surface area (TPSA) is 79.4 Å². The van der Waals surface area contributed by atoms with E-state index in [4.69, 9.17) is 9.47 Å². The summed E-state index contributed by atoms with van der Waals surface area (Å²) in [7, 11) is 2.04. The van der Waals surface area contributed by atoms with Crippen molar-refractivity contribution < 1.29 is 22.7 Å². The van der Waals surface area contributed by atoms with Crippen LogP contribution in [0.3, 0.4) is 0 Å². The van der Waals surface area contributed by atoms with Crippen LogP contribution < -0.4 is 4.74 Å². The second-order valence-electron chi connectivity index (χ2n) is 9.45. The number of piperidine rings is 2. The van der Waals surface area contributed by atoms with Gasteiger partial charge in [-0.2, -0.15) is 4.31 Å². The first kappa shape index (κ1) is 25.9. The number of sulfonamides is 1. The average molecular weight is 482 g/mol. The molecule has 1 unspecified atom stereocenters. The van der Waals surface area contributed by atoms with Crippen molar-refractivity contribution in [3.05, 3.63) is 23.3 Å². The van der Waals surface area contributed by atoms with Crippen LogP contribution in [0.4, 0.5) is 0 Å². The van der Waals surface area contributed by atoms with Crippen LogP contribution in [0.1, 0.15) is 43.2 Å². The van der Waals surface area contributed by atoms with Crippen LogP contribution in [0, 0.1) is 13.8 Å². The molecule has 3 rings (SSSR count). The lowest BCUT2D eigenvalue weighted by Crippen LogP contribution is -2.48. The normalized spacial score (nSPS) is 20.9. The summed E-state index contributed by atoms with van der Waals surface area (Å²) in [4.78, 5) is 17.0. The zero-order chi connectivity index (χ0) is 24.2. The number of amides is 1. The highest BCUT2D eigenvalue weighted by molar-refractivity contribution is 7.89. The third-order valence-corrected chi connectivity index (χ3v) is 9.15. The van der Waals surface area contributed by atoms with E-state index in [0.717, 1.165) is 45.2 Å². The predicted octanol–water partition coefficient (Wildman–Crippen LogP) is 2.42. The van der Waals surface area contributed by atoms with E-state index < -0.39 is 10.0 Å². The summed E-state index contributed by atoms with van der Waals surface area (Å²) in [6, 6.07) is 3.76. The molecule has 2 aliphatic rings. The molecule has 1 atom stereocenters. The van der Waals surface area contributed by atoms with Gasteiger partial charge in [0.15, 0.2) is 0 Å². The molecule has 2 heterocycles. The maximum atomic E-state index is 13.6. The number of carbonyl (C=O) groups is 1. The Labute approximate surface area is 198 Å². The largest absolute Gasteiger partial charge is 0.497 e. The zero-order valence-corrected chi connectivity index (χ0v) is 21.5. The molecule has 0 N–H and O–H groups in total. The minimum absolute atomic E-state index is 0.00237. The molecular weight excluding hydrogens is 442 g/mol. The Morgan fingerprint density at radius 3 is 2.27 bits per heavy atom. The highest BCUT2D eigenvalue weighted by Crippen LogP contribution is 2.32. The molecule has 2 fully saturated rings. The third kappa shape index (κ3) is 6.07. The van der Waals surface area contributed by atoms with Gasteiger partial charge >= 0.3 is 0 Å². The molecule has 0 bridgehead atoms. The Kier molecular flexibility index (Phi) is 8.77. The molecule has 0 radical (unpaired) electrons. The van der Waals surface area contributed by atoms with Crippen LogP contribution in [0.15, 0.2) is 17.0 Å². The number of methoxy groups -OCH3 is 1. The molecule has 1 aromatic carbocycles. The molecule has 2 aliphatic heterocycles. The first-order chi connectivity index (χ1) is 15.6. The van der Waals surface area contributed by atoms with Crippen LogP contribution in [0.5, 0.6) is 5.75 Å².